The number of hydrogen-bond donors (Lipinski definition) is 1. The number of hydrogen-bond acceptors (Lipinski definition) is 4. The van der Waals surface area contributed by atoms with Crippen LogP contribution < -0.4 is 4.74 Å². The minimum Gasteiger partial charge on any atom is -0.482 e. The van der Waals surface area contributed by atoms with Gasteiger partial charge in [-0.05, 0) is 30.7 Å². The Bertz CT molecular complexity index is 765. The van der Waals surface area contributed by atoms with Crippen LogP contribution in [0.15, 0.2) is 29.2 Å². The van der Waals surface area contributed by atoms with Crippen molar-refractivity contribution in [3.05, 3.63) is 24.3 Å². The highest BCUT2D eigenvalue weighted by molar-refractivity contribution is 7.89. The van der Waals surface area contributed by atoms with Crippen LogP contribution >= 0.6 is 23.2 Å². The van der Waals surface area contributed by atoms with Crippen molar-refractivity contribution >= 4 is 39.2 Å². The van der Waals surface area contributed by atoms with E-state index in [0.717, 1.165) is 0 Å². The van der Waals surface area contributed by atoms with E-state index in [1.807, 2.05) is 6.92 Å². The molecule has 1 aromatic carbocycles. The fourth-order valence-electron chi connectivity index (χ4n) is 3.20. The van der Waals surface area contributed by atoms with Gasteiger partial charge in [0.2, 0.25) is 10.0 Å². The Morgan fingerprint density at radius 2 is 2.00 bits per heavy atom. The summed E-state index contributed by atoms with van der Waals surface area (Å²) in [4.78, 5) is 10.6. The molecule has 0 aromatic heterocycles. The third-order valence-corrected chi connectivity index (χ3v) is 8.25. The van der Waals surface area contributed by atoms with Crippen molar-refractivity contribution in [3.63, 3.8) is 0 Å². The van der Waals surface area contributed by atoms with E-state index in [4.69, 9.17) is 33.0 Å². The number of fused-ring (bicyclic) bond motifs is 1. The van der Waals surface area contributed by atoms with Gasteiger partial charge in [-0.2, -0.15) is 4.31 Å². The zero-order valence-electron chi connectivity index (χ0n) is 12.9. The second kappa shape index (κ2) is 5.76. The quantitative estimate of drug-likeness (QED) is 0.776. The number of ether oxygens (including phenoxy) is 1. The molecule has 1 N–H and O–H groups in total. The zero-order chi connectivity index (χ0) is 17.8. The first-order chi connectivity index (χ1) is 11.1. The smallest absolute Gasteiger partial charge is 0.341 e. The molecule has 1 heterocycles. The first-order valence-corrected chi connectivity index (χ1v) is 9.61. The van der Waals surface area contributed by atoms with E-state index >= 15 is 0 Å². The monoisotopic (exact) mass is 393 g/mol. The van der Waals surface area contributed by atoms with Crippen LogP contribution in [0.4, 0.5) is 0 Å². The molecule has 2 fully saturated rings. The molecule has 2 aliphatic rings. The number of aliphatic carboxylic acids is 1. The number of benzene rings is 1. The van der Waals surface area contributed by atoms with Gasteiger partial charge in [0.1, 0.15) is 10.1 Å². The predicted octanol–water partition coefficient (Wildman–Crippen LogP) is 2.35. The molecule has 0 radical (unpaired) electrons. The number of carboxylic acid groups (broad SMARTS) is 1. The molecule has 1 aromatic rings. The van der Waals surface area contributed by atoms with Gasteiger partial charge in [0.25, 0.3) is 0 Å². The Morgan fingerprint density at radius 3 is 2.54 bits per heavy atom. The Balaban J connectivity index is 1.73. The van der Waals surface area contributed by atoms with Gasteiger partial charge in [-0.3, -0.25) is 0 Å². The molecule has 2 atom stereocenters. The van der Waals surface area contributed by atoms with Crippen LogP contribution in [0.3, 0.4) is 0 Å². The summed E-state index contributed by atoms with van der Waals surface area (Å²) in [6.07, 6.45) is 0.615. The van der Waals surface area contributed by atoms with Gasteiger partial charge in [-0.15, -0.1) is 23.2 Å². The Kier molecular flexibility index (Phi) is 4.27. The largest absolute Gasteiger partial charge is 0.482 e. The summed E-state index contributed by atoms with van der Waals surface area (Å²) in [7, 11) is -3.65. The normalized spacial score (nSPS) is 28.9. The van der Waals surface area contributed by atoms with Gasteiger partial charge >= 0.3 is 5.97 Å². The van der Waals surface area contributed by atoms with E-state index < -0.39 is 26.9 Å². The number of piperidine rings is 1. The summed E-state index contributed by atoms with van der Waals surface area (Å²) in [5.41, 5.74) is -0.226. The van der Waals surface area contributed by atoms with Crippen LogP contribution in [0.5, 0.6) is 5.75 Å². The van der Waals surface area contributed by atoms with Gasteiger partial charge in [-0.25, -0.2) is 13.2 Å². The van der Waals surface area contributed by atoms with Gasteiger partial charge < -0.3 is 9.84 Å². The molecule has 132 valence electrons. The van der Waals surface area contributed by atoms with Crippen molar-refractivity contribution in [2.45, 2.75) is 22.6 Å². The van der Waals surface area contributed by atoms with E-state index in [9.17, 15) is 13.2 Å². The highest BCUT2D eigenvalue weighted by Gasteiger charge is 2.74. The lowest BCUT2D eigenvalue weighted by Gasteiger charge is -2.28. The van der Waals surface area contributed by atoms with Gasteiger partial charge in [0, 0.05) is 24.4 Å². The van der Waals surface area contributed by atoms with Crippen LogP contribution in [0, 0.1) is 11.3 Å². The van der Waals surface area contributed by atoms with Crippen molar-refractivity contribution in [2.24, 2.45) is 11.3 Å². The first kappa shape index (κ1) is 17.8. The SMILES string of the molecule is CC12CCN(S(=O)(=O)c3ccc(OCC(=O)O)cc3)CC1C2(Cl)Cl. The number of carboxylic acids is 1. The fourth-order valence-corrected chi connectivity index (χ4v) is 5.62. The van der Waals surface area contributed by atoms with E-state index in [1.54, 1.807) is 0 Å². The van der Waals surface area contributed by atoms with Crippen LogP contribution in [-0.2, 0) is 14.8 Å². The highest BCUT2D eigenvalue weighted by atomic mass is 35.5. The molecule has 1 saturated carbocycles. The number of halogens is 2. The number of alkyl halides is 2. The zero-order valence-corrected chi connectivity index (χ0v) is 15.2. The van der Waals surface area contributed by atoms with Crippen molar-refractivity contribution in [2.75, 3.05) is 19.7 Å². The number of sulfonamides is 1. The third-order valence-electron chi connectivity index (χ3n) is 4.98. The molecule has 0 amide bonds. The van der Waals surface area contributed by atoms with Crippen molar-refractivity contribution in [3.8, 4) is 5.75 Å². The molecule has 24 heavy (non-hydrogen) atoms. The molecule has 2 unspecified atom stereocenters. The van der Waals surface area contributed by atoms with E-state index in [1.165, 1.54) is 28.6 Å². The Morgan fingerprint density at radius 1 is 1.38 bits per heavy atom. The molecule has 0 bridgehead atoms. The Labute approximate surface area is 150 Å². The fraction of sp³-hybridized carbons (Fsp3) is 0.533. The molecular formula is C15H17Cl2NO5S. The van der Waals surface area contributed by atoms with Gasteiger partial charge in [0.05, 0.1) is 4.90 Å². The van der Waals surface area contributed by atoms with Crippen LogP contribution in [-0.4, -0.2) is 47.8 Å². The summed E-state index contributed by atoms with van der Waals surface area (Å²) >= 11 is 12.6. The van der Waals surface area contributed by atoms with E-state index in [0.29, 0.717) is 25.3 Å². The summed E-state index contributed by atoms with van der Waals surface area (Å²) in [5, 5.41) is 8.57. The lowest BCUT2D eigenvalue weighted by Crippen LogP contribution is -2.38. The van der Waals surface area contributed by atoms with Crippen molar-refractivity contribution < 1.29 is 23.1 Å². The average molecular weight is 394 g/mol. The third kappa shape index (κ3) is 2.77. The van der Waals surface area contributed by atoms with Crippen molar-refractivity contribution in [1.29, 1.82) is 0 Å². The maximum absolute atomic E-state index is 12.7. The second-order valence-electron chi connectivity index (χ2n) is 6.36. The number of rotatable bonds is 5. The van der Waals surface area contributed by atoms with Crippen LogP contribution in [0.25, 0.3) is 0 Å². The molecule has 1 aliphatic heterocycles. The highest BCUT2D eigenvalue weighted by Crippen LogP contribution is 2.72. The van der Waals surface area contributed by atoms with Crippen LogP contribution in [0.2, 0.25) is 0 Å². The molecule has 9 heteroatoms. The predicted molar refractivity (Wildman–Crippen MR) is 89.0 cm³/mol. The maximum Gasteiger partial charge on any atom is 0.341 e. The minimum absolute atomic E-state index is 0.0740. The molecule has 3 rings (SSSR count). The summed E-state index contributed by atoms with van der Waals surface area (Å²) in [5.74, 6) is -0.876. The number of nitrogens with zero attached hydrogens (tertiary/aromatic N) is 1. The average Bonchev–Trinajstić information content (AvgIpc) is 2.98. The van der Waals surface area contributed by atoms with Gasteiger partial charge in [0.15, 0.2) is 6.61 Å². The lowest BCUT2D eigenvalue weighted by molar-refractivity contribution is -0.139. The van der Waals surface area contributed by atoms with Crippen molar-refractivity contribution in [1.82, 2.24) is 4.31 Å². The summed E-state index contributed by atoms with van der Waals surface area (Å²) in [6, 6.07) is 5.69. The van der Waals surface area contributed by atoms with Crippen LogP contribution in [0.1, 0.15) is 13.3 Å². The molecular weight excluding hydrogens is 377 g/mol. The van der Waals surface area contributed by atoms with E-state index in [2.05, 4.69) is 0 Å². The minimum atomic E-state index is -3.65. The van der Waals surface area contributed by atoms with E-state index in [-0.39, 0.29) is 16.2 Å². The first-order valence-electron chi connectivity index (χ1n) is 7.42. The molecule has 1 saturated heterocycles. The summed E-state index contributed by atoms with van der Waals surface area (Å²) < 4.78 is 31.0. The topological polar surface area (TPSA) is 83.9 Å². The number of carbonyl (C=O) groups is 1. The van der Waals surface area contributed by atoms with Gasteiger partial charge in [-0.1, -0.05) is 6.92 Å². The molecule has 0 spiro atoms. The standard InChI is InChI=1S/C15H17Cl2NO5S/c1-14-6-7-18(8-12(14)15(14,16)17)24(21,22)11-4-2-10(3-5-11)23-9-13(19)20/h2-5,12H,6-9H2,1H3,(H,19,20). The summed E-state index contributed by atoms with van der Waals surface area (Å²) in [6.45, 7) is 2.17. The molecule has 6 nitrogen and oxygen atoms in total. The second-order valence-corrected chi connectivity index (χ2v) is 9.68. The maximum atomic E-state index is 12.7. The molecule has 1 aliphatic carbocycles. The Hall–Kier alpha value is -1.02. The lowest BCUT2D eigenvalue weighted by atomic mass is 9.99.